The summed E-state index contributed by atoms with van der Waals surface area (Å²) in [6, 6.07) is 0. The molecule has 98 valence electrons. The van der Waals surface area contributed by atoms with Gasteiger partial charge in [0.05, 0.1) is 13.2 Å². The lowest BCUT2D eigenvalue weighted by atomic mass is 10.3. The van der Waals surface area contributed by atoms with Crippen molar-refractivity contribution >= 4 is 0 Å². The van der Waals surface area contributed by atoms with Gasteiger partial charge in [-0.25, -0.2) is 0 Å². The van der Waals surface area contributed by atoms with Crippen LogP contribution in [0.3, 0.4) is 0 Å². The van der Waals surface area contributed by atoms with Gasteiger partial charge < -0.3 is 14.6 Å². The Morgan fingerprint density at radius 2 is 1.81 bits per heavy atom. The molecule has 0 saturated heterocycles. The maximum atomic E-state index is 8.91. The first-order chi connectivity index (χ1) is 7.85. The fourth-order valence-electron chi connectivity index (χ4n) is 1.46. The molecule has 0 atom stereocenters. The summed E-state index contributed by atoms with van der Waals surface area (Å²) in [5.41, 5.74) is 0. The zero-order chi connectivity index (χ0) is 12.1. The number of methoxy groups -OCH3 is 1. The number of ether oxygens (including phenoxy) is 2. The van der Waals surface area contributed by atoms with Crippen LogP contribution in [0.4, 0.5) is 0 Å². The highest BCUT2D eigenvalue weighted by molar-refractivity contribution is 4.56. The molecule has 0 heterocycles. The lowest BCUT2D eigenvalue weighted by molar-refractivity contribution is 0.0785. The van der Waals surface area contributed by atoms with Crippen molar-refractivity contribution in [2.24, 2.45) is 0 Å². The third-order valence-electron chi connectivity index (χ3n) is 2.43. The van der Waals surface area contributed by atoms with Crippen LogP contribution >= 0.6 is 0 Å². The highest BCUT2D eigenvalue weighted by atomic mass is 16.5. The van der Waals surface area contributed by atoms with E-state index >= 15 is 0 Å². The Kier molecular flexibility index (Phi) is 12.8. The topological polar surface area (TPSA) is 41.9 Å². The Bertz CT molecular complexity index is 133. The lowest BCUT2D eigenvalue weighted by Gasteiger charge is -2.20. The molecule has 0 saturated carbocycles. The average Bonchev–Trinajstić information content (AvgIpc) is 2.30. The summed E-state index contributed by atoms with van der Waals surface area (Å²) in [6.45, 7) is 7.39. The molecular formula is C12H27NO3. The van der Waals surface area contributed by atoms with E-state index in [0.29, 0.717) is 0 Å². The largest absolute Gasteiger partial charge is 0.395 e. The second-order valence-electron chi connectivity index (χ2n) is 3.88. The van der Waals surface area contributed by atoms with E-state index < -0.39 is 0 Å². The Labute approximate surface area is 99.5 Å². The van der Waals surface area contributed by atoms with Crippen LogP contribution in [0, 0.1) is 0 Å². The molecular weight excluding hydrogens is 206 g/mol. The first-order valence-electron chi connectivity index (χ1n) is 6.25. The number of aliphatic hydroxyl groups excluding tert-OH is 1. The van der Waals surface area contributed by atoms with Crippen molar-refractivity contribution in [3.8, 4) is 0 Å². The Balaban J connectivity index is 3.36. The van der Waals surface area contributed by atoms with Gasteiger partial charge >= 0.3 is 0 Å². The molecule has 0 aromatic heterocycles. The zero-order valence-electron chi connectivity index (χ0n) is 10.8. The number of rotatable bonds is 12. The van der Waals surface area contributed by atoms with Crippen LogP contribution in [0.1, 0.15) is 26.2 Å². The molecule has 0 aliphatic heterocycles. The van der Waals surface area contributed by atoms with Crippen LogP contribution in [0.5, 0.6) is 0 Å². The zero-order valence-corrected chi connectivity index (χ0v) is 10.8. The molecule has 4 nitrogen and oxygen atoms in total. The maximum absolute atomic E-state index is 8.91. The summed E-state index contributed by atoms with van der Waals surface area (Å²) in [7, 11) is 1.70. The molecule has 16 heavy (non-hydrogen) atoms. The van der Waals surface area contributed by atoms with Crippen molar-refractivity contribution in [1.29, 1.82) is 0 Å². The Hall–Kier alpha value is -0.160. The quantitative estimate of drug-likeness (QED) is 0.513. The predicted molar refractivity (Wildman–Crippen MR) is 65.7 cm³/mol. The molecule has 0 spiro atoms. The standard InChI is InChI=1S/C12H27NO3/c1-3-4-6-13(7-9-14)8-12-16-11-5-10-15-2/h14H,3-12H2,1-2H3. The summed E-state index contributed by atoms with van der Waals surface area (Å²) >= 11 is 0. The molecule has 0 bridgehead atoms. The third-order valence-corrected chi connectivity index (χ3v) is 2.43. The van der Waals surface area contributed by atoms with Gasteiger partial charge in [-0.3, -0.25) is 4.90 Å². The molecule has 0 radical (unpaired) electrons. The van der Waals surface area contributed by atoms with E-state index in [0.717, 1.165) is 45.9 Å². The van der Waals surface area contributed by atoms with Crippen molar-refractivity contribution in [2.45, 2.75) is 26.2 Å². The summed E-state index contributed by atoms with van der Waals surface area (Å²) in [5.74, 6) is 0. The molecule has 0 unspecified atom stereocenters. The van der Waals surface area contributed by atoms with Gasteiger partial charge in [-0.1, -0.05) is 13.3 Å². The van der Waals surface area contributed by atoms with Crippen molar-refractivity contribution in [2.75, 3.05) is 53.2 Å². The minimum Gasteiger partial charge on any atom is -0.395 e. The molecule has 0 fully saturated rings. The molecule has 0 amide bonds. The smallest absolute Gasteiger partial charge is 0.0593 e. The molecule has 0 aliphatic carbocycles. The molecule has 0 aromatic rings. The van der Waals surface area contributed by atoms with Gasteiger partial charge in [0.15, 0.2) is 0 Å². The average molecular weight is 233 g/mol. The third kappa shape index (κ3) is 10.4. The summed E-state index contributed by atoms with van der Waals surface area (Å²) in [6.07, 6.45) is 3.33. The highest BCUT2D eigenvalue weighted by Gasteiger charge is 2.02. The second kappa shape index (κ2) is 12.9. The minimum atomic E-state index is 0.230. The molecule has 0 aromatic carbocycles. The van der Waals surface area contributed by atoms with Gasteiger partial charge in [-0.15, -0.1) is 0 Å². The SMILES string of the molecule is CCCCN(CCO)CCOCCCOC. The number of hydrogen-bond acceptors (Lipinski definition) is 4. The fraction of sp³-hybridized carbons (Fsp3) is 1.00. The Morgan fingerprint density at radius 1 is 1.00 bits per heavy atom. The predicted octanol–water partition coefficient (Wildman–Crippen LogP) is 1.13. The van der Waals surface area contributed by atoms with Gasteiger partial charge in [0.1, 0.15) is 0 Å². The van der Waals surface area contributed by atoms with E-state index in [2.05, 4.69) is 11.8 Å². The number of nitrogens with zero attached hydrogens (tertiary/aromatic N) is 1. The maximum Gasteiger partial charge on any atom is 0.0593 e. The minimum absolute atomic E-state index is 0.230. The first-order valence-corrected chi connectivity index (χ1v) is 6.25. The monoisotopic (exact) mass is 233 g/mol. The second-order valence-corrected chi connectivity index (χ2v) is 3.88. The van der Waals surface area contributed by atoms with Gasteiger partial charge in [0.25, 0.3) is 0 Å². The van der Waals surface area contributed by atoms with Crippen molar-refractivity contribution in [1.82, 2.24) is 4.90 Å². The van der Waals surface area contributed by atoms with Crippen molar-refractivity contribution in [3.05, 3.63) is 0 Å². The van der Waals surface area contributed by atoms with Gasteiger partial charge in [0, 0.05) is 33.4 Å². The van der Waals surface area contributed by atoms with E-state index in [1.807, 2.05) is 0 Å². The Morgan fingerprint density at radius 3 is 2.44 bits per heavy atom. The van der Waals surface area contributed by atoms with E-state index in [1.165, 1.54) is 12.8 Å². The van der Waals surface area contributed by atoms with Gasteiger partial charge in [-0.05, 0) is 19.4 Å². The number of hydrogen-bond donors (Lipinski definition) is 1. The van der Waals surface area contributed by atoms with Gasteiger partial charge in [0.2, 0.25) is 0 Å². The molecule has 0 aliphatic rings. The fourth-order valence-corrected chi connectivity index (χ4v) is 1.46. The van der Waals surface area contributed by atoms with Crippen LogP contribution in [0.2, 0.25) is 0 Å². The summed E-state index contributed by atoms with van der Waals surface area (Å²) in [4.78, 5) is 2.25. The highest BCUT2D eigenvalue weighted by Crippen LogP contribution is 1.95. The molecule has 1 N–H and O–H groups in total. The first kappa shape index (κ1) is 15.8. The van der Waals surface area contributed by atoms with Crippen LogP contribution in [0.25, 0.3) is 0 Å². The van der Waals surface area contributed by atoms with Crippen molar-refractivity contribution < 1.29 is 14.6 Å². The number of unbranched alkanes of at least 4 members (excludes halogenated alkanes) is 1. The van der Waals surface area contributed by atoms with Crippen LogP contribution in [0.15, 0.2) is 0 Å². The van der Waals surface area contributed by atoms with Crippen LogP contribution in [-0.4, -0.2) is 63.2 Å². The van der Waals surface area contributed by atoms with E-state index in [-0.39, 0.29) is 6.61 Å². The summed E-state index contributed by atoms with van der Waals surface area (Å²) in [5, 5.41) is 8.91. The van der Waals surface area contributed by atoms with E-state index in [4.69, 9.17) is 14.6 Å². The number of aliphatic hydroxyl groups is 1. The van der Waals surface area contributed by atoms with E-state index in [1.54, 1.807) is 7.11 Å². The van der Waals surface area contributed by atoms with Gasteiger partial charge in [-0.2, -0.15) is 0 Å². The van der Waals surface area contributed by atoms with Crippen LogP contribution < -0.4 is 0 Å². The lowest BCUT2D eigenvalue weighted by Crippen LogP contribution is -2.31. The van der Waals surface area contributed by atoms with Crippen molar-refractivity contribution in [3.63, 3.8) is 0 Å². The molecule has 4 heteroatoms. The molecule has 0 rings (SSSR count). The van der Waals surface area contributed by atoms with E-state index in [9.17, 15) is 0 Å². The summed E-state index contributed by atoms with van der Waals surface area (Å²) < 4.78 is 10.4. The normalized spacial score (nSPS) is 11.2. The van der Waals surface area contributed by atoms with Crippen LogP contribution in [-0.2, 0) is 9.47 Å².